The van der Waals surface area contributed by atoms with E-state index < -0.39 is 11.7 Å². The quantitative estimate of drug-likeness (QED) is 0.684. The number of nitrogens with zero attached hydrogens (tertiary/aromatic N) is 1. The van der Waals surface area contributed by atoms with Crippen molar-refractivity contribution in [3.63, 3.8) is 0 Å². The Morgan fingerprint density at radius 2 is 1.81 bits per heavy atom. The van der Waals surface area contributed by atoms with Crippen LogP contribution in [0.5, 0.6) is 11.5 Å². The van der Waals surface area contributed by atoms with Crippen LogP contribution < -0.4 is 10.1 Å². The van der Waals surface area contributed by atoms with Crippen LogP contribution in [-0.4, -0.2) is 16.9 Å². The molecule has 2 aromatic carbocycles. The molecule has 1 amide bonds. The van der Waals surface area contributed by atoms with E-state index in [1.807, 2.05) is 13.8 Å². The molecule has 0 unspecified atom stereocenters. The molecule has 0 spiro atoms. The number of amides is 1. The number of alkyl halides is 3. The number of carbonyl (C=O) groups is 1. The third-order valence-corrected chi connectivity index (χ3v) is 3.77. The van der Waals surface area contributed by atoms with Crippen LogP contribution in [0.4, 0.5) is 13.2 Å². The van der Waals surface area contributed by atoms with E-state index in [0.29, 0.717) is 22.2 Å². The van der Waals surface area contributed by atoms with Gasteiger partial charge < -0.3 is 10.1 Å². The van der Waals surface area contributed by atoms with Crippen molar-refractivity contribution < 1.29 is 22.7 Å². The second kappa shape index (κ2) is 7.26. The summed E-state index contributed by atoms with van der Waals surface area (Å²) in [6, 6.07) is 11.3. The van der Waals surface area contributed by atoms with Gasteiger partial charge in [-0.2, -0.15) is 13.2 Å². The highest BCUT2D eigenvalue weighted by molar-refractivity contribution is 5.98. The highest BCUT2D eigenvalue weighted by atomic mass is 19.4. The van der Waals surface area contributed by atoms with Crippen LogP contribution in [0, 0.1) is 0 Å². The number of hydrogen-bond acceptors (Lipinski definition) is 3. The summed E-state index contributed by atoms with van der Waals surface area (Å²) in [5.41, 5.74) is 0.188. The molecule has 1 N–H and O–H groups in total. The summed E-state index contributed by atoms with van der Waals surface area (Å²) >= 11 is 0. The molecule has 140 valence electrons. The van der Waals surface area contributed by atoms with Crippen LogP contribution in [0.3, 0.4) is 0 Å². The first-order valence-corrected chi connectivity index (χ1v) is 8.29. The number of fused-ring (bicyclic) bond motifs is 1. The first kappa shape index (κ1) is 18.7. The van der Waals surface area contributed by atoms with Gasteiger partial charge in [0.2, 0.25) is 0 Å². The molecule has 1 aromatic heterocycles. The average molecular weight is 374 g/mol. The van der Waals surface area contributed by atoms with Crippen LogP contribution in [-0.2, 0) is 6.18 Å². The van der Waals surface area contributed by atoms with Crippen molar-refractivity contribution in [2.75, 3.05) is 0 Å². The zero-order valence-electron chi connectivity index (χ0n) is 14.7. The van der Waals surface area contributed by atoms with Crippen molar-refractivity contribution in [1.29, 1.82) is 0 Å². The van der Waals surface area contributed by atoms with E-state index in [4.69, 9.17) is 4.74 Å². The van der Waals surface area contributed by atoms with Gasteiger partial charge in [0, 0.05) is 17.6 Å². The summed E-state index contributed by atoms with van der Waals surface area (Å²) in [4.78, 5) is 16.4. The van der Waals surface area contributed by atoms with E-state index in [-0.39, 0.29) is 17.7 Å². The number of benzene rings is 2. The van der Waals surface area contributed by atoms with E-state index in [1.165, 1.54) is 18.3 Å². The maximum atomic E-state index is 12.7. The van der Waals surface area contributed by atoms with Gasteiger partial charge in [-0.15, -0.1) is 0 Å². The van der Waals surface area contributed by atoms with Gasteiger partial charge in [0.15, 0.2) is 5.75 Å². The van der Waals surface area contributed by atoms with Gasteiger partial charge in [0.05, 0.1) is 11.1 Å². The van der Waals surface area contributed by atoms with E-state index in [9.17, 15) is 18.0 Å². The van der Waals surface area contributed by atoms with Crippen LogP contribution in [0.2, 0.25) is 0 Å². The molecule has 0 radical (unpaired) electrons. The largest absolute Gasteiger partial charge is 0.455 e. The normalized spacial score (nSPS) is 11.6. The van der Waals surface area contributed by atoms with E-state index >= 15 is 0 Å². The molecule has 4 nitrogen and oxygen atoms in total. The Morgan fingerprint density at radius 3 is 2.44 bits per heavy atom. The zero-order chi connectivity index (χ0) is 19.6. The number of halogens is 3. The Hall–Kier alpha value is -3.09. The number of carbonyl (C=O) groups excluding carboxylic acids is 1. The van der Waals surface area contributed by atoms with E-state index in [0.717, 1.165) is 12.1 Å². The summed E-state index contributed by atoms with van der Waals surface area (Å²) < 4.78 is 43.7. The fourth-order valence-electron chi connectivity index (χ4n) is 2.52. The molecule has 3 rings (SSSR count). The molecule has 0 aliphatic heterocycles. The number of hydrogen-bond donors (Lipinski definition) is 1. The summed E-state index contributed by atoms with van der Waals surface area (Å²) in [6.07, 6.45) is -2.95. The fraction of sp³-hybridized carbons (Fsp3) is 0.200. The molecule has 0 saturated carbocycles. The van der Waals surface area contributed by atoms with Crippen molar-refractivity contribution in [2.45, 2.75) is 26.1 Å². The SMILES string of the molecule is CC(C)NC(=O)c1cnc2c(Oc3ccc(C(F)(F)F)cc3)cccc2c1. The molecule has 0 saturated heterocycles. The maximum Gasteiger partial charge on any atom is 0.416 e. The zero-order valence-corrected chi connectivity index (χ0v) is 14.7. The van der Waals surface area contributed by atoms with Crippen molar-refractivity contribution in [3.8, 4) is 11.5 Å². The van der Waals surface area contributed by atoms with Gasteiger partial charge in [0.25, 0.3) is 5.91 Å². The van der Waals surface area contributed by atoms with Crippen molar-refractivity contribution >= 4 is 16.8 Å². The van der Waals surface area contributed by atoms with Crippen LogP contribution in [0.15, 0.2) is 54.7 Å². The molecule has 0 aliphatic carbocycles. The monoisotopic (exact) mass is 374 g/mol. The Balaban J connectivity index is 1.88. The van der Waals surface area contributed by atoms with Gasteiger partial charge in [-0.25, -0.2) is 0 Å². The van der Waals surface area contributed by atoms with E-state index in [2.05, 4.69) is 10.3 Å². The fourth-order valence-corrected chi connectivity index (χ4v) is 2.52. The highest BCUT2D eigenvalue weighted by Crippen LogP contribution is 2.33. The van der Waals surface area contributed by atoms with Crippen LogP contribution >= 0.6 is 0 Å². The molecule has 27 heavy (non-hydrogen) atoms. The number of aromatic nitrogens is 1. The third kappa shape index (κ3) is 4.36. The molecular formula is C20H17F3N2O2. The Bertz CT molecular complexity index is 967. The lowest BCUT2D eigenvalue weighted by Crippen LogP contribution is -2.30. The van der Waals surface area contributed by atoms with Gasteiger partial charge in [-0.1, -0.05) is 12.1 Å². The Kier molecular flexibility index (Phi) is 5.03. The summed E-state index contributed by atoms with van der Waals surface area (Å²) in [5.74, 6) is 0.426. The van der Waals surface area contributed by atoms with Crippen molar-refractivity contribution in [3.05, 3.63) is 65.9 Å². The molecule has 0 atom stereocenters. The molecule has 1 heterocycles. The molecule has 7 heteroatoms. The predicted octanol–water partition coefficient (Wildman–Crippen LogP) is 5.18. The highest BCUT2D eigenvalue weighted by Gasteiger charge is 2.30. The second-order valence-corrected chi connectivity index (χ2v) is 6.30. The minimum atomic E-state index is -4.40. The number of rotatable bonds is 4. The topological polar surface area (TPSA) is 51.2 Å². The second-order valence-electron chi connectivity index (χ2n) is 6.30. The first-order chi connectivity index (χ1) is 12.7. The summed E-state index contributed by atoms with van der Waals surface area (Å²) in [6.45, 7) is 3.73. The average Bonchev–Trinajstić information content (AvgIpc) is 2.60. The number of para-hydroxylation sites is 1. The Morgan fingerprint density at radius 1 is 1.11 bits per heavy atom. The lowest BCUT2D eigenvalue weighted by Gasteiger charge is -2.12. The molecule has 0 aliphatic rings. The minimum Gasteiger partial charge on any atom is -0.455 e. The number of pyridine rings is 1. The lowest BCUT2D eigenvalue weighted by molar-refractivity contribution is -0.137. The lowest BCUT2D eigenvalue weighted by atomic mass is 10.1. The van der Waals surface area contributed by atoms with Crippen LogP contribution in [0.1, 0.15) is 29.8 Å². The minimum absolute atomic E-state index is 0.00235. The Labute approximate surface area is 154 Å². The van der Waals surface area contributed by atoms with Gasteiger partial charge >= 0.3 is 6.18 Å². The number of nitrogens with one attached hydrogen (secondary N) is 1. The standard InChI is InChI=1S/C20H17F3N2O2/c1-12(2)25-19(26)14-10-13-4-3-5-17(18(13)24-11-14)27-16-8-6-15(7-9-16)20(21,22)23/h3-12H,1-2H3,(H,25,26). The van der Waals surface area contributed by atoms with Gasteiger partial charge in [-0.05, 0) is 50.2 Å². The third-order valence-electron chi connectivity index (χ3n) is 3.77. The summed E-state index contributed by atoms with van der Waals surface area (Å²) in [5, 5.41) is 3.48. The van der Waals surface area contributed by atoms with Gasteiger partial charge in [-0.3, -0.25) is 9.78 Å². The smallest absolute Gasteiger partial charge is 0.416 e. The van der Waals surface area contributed by atoms with Gasteiger partial charge in [0.1, 0.15) is 11.3 Å². The van der Waals surface area contributed by atoms with E-state index in [1.54, 1.807) is 24.3 Å². The molecule has 0 bridgehead atoms. The van der Waals surface area contributed by atoms with Crippen molar-refractivity contribution in [2.24, 2.45) is 0 Å². The number of ether oxygens (including phenoxy) is 1. The molecular weight excluding hydrogens is 357 g/mol. The molecule has 3 aromatic rings. The maximum absolute atomic E-state index is 12.7. The first-order valence-electron chi connectivity index (χ1n) is 8.29. The molecule has 0 fully saturated rings. The van der Waals surface area contributed by atoms with Crippen LogP contribution in [0.25, 0.3) is 10.9 Å². The predicted molar refractivity (Wildman–Crippen MR) is 95.9 cm³/mol. The summed E-state index contributed by atoms with van der Waals surface area (Å²) in [7, 11) is 0. The van der Waals surface area contributed by atoms with Crippen molar-refractivity contribution in [1.82, 2.24) is 10.3 Å².